The van der Waals surface area contributed by atoms with Crippen molar-refractivity contribution in [3.05, 3.63) is 16.7 Å². The number of fused-ring (bicyclic) bond motifs is 1. The zero-order valence-electron chi connectivity index (χ0n) is 10.1. The van der Waals surface area contributed by atoms with Gasteiger partial charge >= 0.3 is 0 Å². The number of ether oxygens (including phenoxy) is 1. The lowest BCUT2D eigenvalue weighted by molar-refractivity contribution is -0.0459. The summed E-state index contributed by atoms with van der Waals surface area (Å²) in [7, 11) is 0. The molecule has 0 amide bonds. The van der Waals surface area contributed by atoms with Crippen molar-refractivity contribution in [2.24, 2.45) is 0 Å². The number of alkyl halides is 1. The lowest BCUT2D eigenvalue weighted by Gasteiger charge is -2.14. The Balaban J connectivity index is 2.09. The van der Waals surface area contributed by atoms with Crippen molar-refractivity contribution < 1.29 is 19.3 Å². The SMILES string of the molecule is Nc1nc2c(ncn2[C@@H]2O[C@H](CO)C(O)C2F)c(=O)[nH]1. The van der Waals surface area contributed by atoms with Crippen LogP contribution < -0.4 is 11.3 Å². The van der Waals surface area contributed by atoms with Gasteiger partial charge in [0.1, 0.15) is 12.2 Å². The van der Waals surface area contributed by atoms with E-state index in [0.717, 1.165) is 0 Å². The second-order valence-corrected chi connectivity index (χ2v) is 4.46. The van der Waals surface area contributed by atoms with Crippen LogP contribution in [0.5, 0.6) is 0 Å². The van der Waals surface area contributed by atoms with Gasteiger partial charge in [-0.2, -0.15) is 4.98 Å². The largest absolute Gasteiger partial charge is 0.394 e. The summed E-state index contributed by atoms with van der Waals surface area (Å²) in [6.45, 7) is -0.527. The fourth-order valence-corrected chi connectivity index (χ4v) is 2.21. The maximum absolute atomic E-state index is 14.0. The average Bonchev–Trinajstić information content (AvgIpc) is 2.93. The number of anilines is 1. The van der Waals surface area contributed by atoms with Crippen LogP contribution in [0.2, 0.25) is 0 Å². The molecule has 2 aromatic heterocycles. The van der Waals surface area contributed by atoms with Gasteiger partial charge in [0, 0.05) is 0 Å². The molecule has 0 bridgehead atoms. The van der Waals surface area contributed by atoms with Gasteiger partial charge in [0.15, 0.2) is 23.6 Å². The number of nitrogens with zero attached hydrogens (tertiary/aromatic N) is 3. The van der Waals surface area contributed by atoms with Crippen molar-refractivity contribution in [2.45, 2.75) is 24.6 Å². The molecule has 0 spiro atoms. The first-order chi connectivity index (χ1) is 9.52. The summed E-state index contributed by atoms with van der Waals surface area (Å²) in [5.41, 5.74) is 4.91. The summed E-state index contributed by atoms with van der Waals surface area (Å²) >= 11 is 0. The van der Waals surface area contributed by atoms with Gasteiger partial charge in [0.05, 0.1) is 12.9 Å². The van der Waals surface area contributed by atoms with Gasteiger partial charge in [0.2, 0.25) is 5.95 Å². The van der Waals surface area contributed by atoms with E-state index in [1.54, 1.807) is 0 Å². The predicted octanol–water partition coefficient (Wildman–Crippen LogP) is -1.71. The second kappa shape index (κ2) is 4.51. The van der Waals surface area contributed by atoms with Gasteiger partial charge in [0.25, 0.3) is 5.56 Å². The number of imidazole rings is 1. The van der Waals surface area contributed by atoms with Gasteiger partial charge in [-0.1, -0.05) is 0 Å². The van der Waals surface area contributed by atoms with E-state index >= 15 is 0 Å². The summed E-state index contributed by atoms with van der Waals surface area (Å²) in [6, 6.07) is 0. The molecular formula is C10H12FN5O4. The van der Waals surface area contributed by atoms with Crippen LogP contribution in [0.1, 0.15) is 6.23 Å². The van der Waals surface area contributed by atoms with Crippen LogP contribution in [0.15, 0.2) is 11.1 Å². The van der Waals surface area contributed by atoms with Crippen LogP contribution in [0.25, 0.3) is 11.2 Å². The molecule has 5 N–H and O–H groups in total. The van der Waals surface area contributed by atoms with Crippen molar-refractivity contribution in [2.75, 3.05) is 12.3 Å². The lowest BCUT2D eigenvalue weighted by atomic mass is 10.1. The quantitative estimate of drug-likeness (QED) is 0.515. The minimum Gasteiger partial charge on any atom is -0.394 e. The Labute approximate surface area is 110 Å². The molecule has 1 fully saturated rings. The Morgan fingerprint density at radius 1 is 1.60 bits per heavy atom. The fraction of sp³-hybridized carbons (Fsp3) is 0.500. The van der Waals surface area contributed by atoms with Gasteiger partial charge in [-0.3, -0.25) is 14.3 Å². The lowest BCUT2D eigenvalue weighted by Crippen LogP contribution is -2.30. The predicted molar refractivity (Wildman–Crippen MR) is 64.5 cm³/mol. The monoisotopic (exact) mass is 285 g/mol. The molecule has 0 aromatic carbocycles. The van der Waals surface area contributed by atoms with Gasteiger partial charge in [-0.05, 0) is 0 Å². The Morgan fingerprint density at radius 2 is 2.35 bits per heavy atom. The van der Waals surface area contributed by atoms with Gasteiger partial charge in [-0.15, -0.1) is 0 Å². The Bertz CT molecular complexity index is 701. The van der Waals surface area contributed by atoms with Gasteiger partial charge < -0.3 is 20.7 Å². The smallest absolute Gasteiger partial charge is 0.280 e. The van der Waals surface area contributed by atoms with Crippen molar-refractivity contribution >= 4 is 17.1 Å². The number of aliphatic hydroxyl groups is 2. The molecule has 0 radical (unpaired) electrons. The van der Waals surface area contributed by atoms with Crippen molar-refractivity contribution in [1.29, 1.82) is 0 Å². The van der Waals surface area contributed by atoms with Crippen LogP contribution in [0.4, 0.5) is 10.3 Å². The third-order valence-electron chi connectivity index (χ3n) is 3.20. The highest BCUT2D eigenvalue weighted by Gasteiger charge is 2.45. The van der Waals surface area contributed by atoms with Crippen molar-refractivity contribution in [3.63, 3.8) is 0 Å². The minimum atomic E-state index is -1.79. The summed E-state index contributed by atoms with van der Waals surface area (Å²) in [6.07, 6.45) is -4.36. The number of H-pyrrole nitrogens is 1. The molecule has 1 saturated heterocycles. The van der Waals surface area contributed by atoms with E-state index in [0.29, 0.717) is 0 Å². The zero-order valence-corrected chi connectivity index (χ0v) is 10.1. The Hall–Kier alpha value is -2.04. The topological polar surface area (TPSA) is 139 Å². The normalized spacial score (nSPS) is 30.1. The summed E-state index contributed by atoms with van der Waals surface area (Å²) in [5.74, 6) is -0.142. The van der Waals surface area contributed by atoms with E-state index in [9.17, 15) is 14.3 Å². The minimum absolute atomic E-state index is 0.0167. The molecule has 1 aliphatic rings. The molecule has 2 aromatic rings. The molecule has 9 nitrogen and oxygen atoms in total. The second-order valence-electron chi connectivity index (χ2n) is 4.46. The first kappa shape index (κ1) is 13.0. The van der Waals surface area contributed by atoms with Crippen LogP contribution in [-0.2, 0) is 4.74 Å². The highest BCUT2D eigenvalue weighted by Crippen LogP contribution is 2.32. The molecule has 1 aliphatic heterocycles. The molecule has 2 unspecified atom stereocenters. The highest BCUT2D eigenvalue weighted by molar-refractivity contribution is 5.70. The van der Waals surface area contributed by atoms with Crippen molar-refractivity contribution in [1.82, 2.24) is 19.5 Å². The summed E-state index contributed by atoms with van der Waals surface area (Å²) in [4.78, 5) is 21.6. The number of nitrogens with one attached hydrogen (secondary N) is 1. The molecule has 0 saturated carbocycles. The summed E-state index contributed by atoms with van der Waals surface area (Å²) < 4.78 is 20.4. The van der Waals surface area contributed by atoms with Gasteiger partial charge in [-0.25, -0.2) is 9.37 Å². The maximum Gasteiger partial charge on any atom is 0.280 e. The van der Waals surface area contributed by atoms with E-state index in [-0.39, 0.29) is 17.1 Å². The molecule has 3 heterocycles. The number of rotatable bonds is 2. The molecule has 3 rings (SSSR count). The number of nitrogen functional groups attached to an aromatic ring is 1. The number of hydrogen-bond acceptors (Lipinski definition) is 7. The van der Waals surface area contributed by atoms with E-state index in [4.69, 9.17) is 15.6 Å². The van der Waals surface area contributed by atoms with Crippen LogP contribution >= 0.6 is 0 Å². The van der Waals surface area contributed by atoms with Crippen molar-refractivity contribution in [3.8, 4) is 0 Å². The standard InChI is InChI=1S/C10H12FN5O4/c11-4-6(18)3(1-17)20-9(4)16-2-13-5-7(16)14-10(12)15-8(5)19/h2-4,6,9,17-18H,1H2,(H3,12,14,15,19)/t3-,4?,6?,9-/m1/s1. The zero-order chi connectivity index (χ0) is 14.4. The first-order valence-corrected chi connectivity index (χ1v) is 5.83. The number of aliphatic hydroxyl groups excluding tert-OH is 2. The molecular weight excluding hydrogens is 273 g/mol. The molecule has 0 aliphatic carbocycles. The van der Waals surface area contributed by atoms with Crippen LogP contribution in [0.3, 0.4) is 0 Å². The Morgan fingerprint density at radius 3 is 3.00 bits per heavy atom. The van der Waals surface area contributed by atoms with E-state index in [1.807, 2.05) is 0 Å². The average molecular weight is 285 g/mol. The molecule has 10 heteroatoms. The van der Waals surface area contributed by atoms with E-state index in [1.165, 1.54) is 10.9 Å². The highest BCUT2D eigenvalue weighted by atomic mass is 19.1. The third-order valence-corrected chi connectivity index (χ3v) is 3.20. The van der Waals surface area contributed by atoms with E-state index < -0.39 is 36.8 Å². The number of nitrogens with two attached hydrogens (primary N) is 1. The van der Waals surface area contributed by atoms with Crippen LogP contribution in [0, 0.1) is 0 Å². The van der Waals surface area contributed by atoms with Crippen LogP contribution in [-0.4, -0.2) is 54.7 Å². The fourth-order valence-electron chi connectivity index (χ4n) is 2.21. The third kappa shape index (κ3) is 1.77. The maximum atomic E-state index is 14.0. The molecule has 4 atom stereocenters. The number of halogens is 1. The summed E-state index contributed by atoms with van der Waals surface area (Å²) in [5, 5.41) is 18.6. The first-order valence-electron chi connectivity index (χ1n) is 5.83. The Kier molecular flexibility index (Phi) is 2.92. The van der Waals surface area contributed by atoms with E-state index in [2.05, 4.69) is 15.0 Å². The molecule has 20 heavy (non-hydrogen) atoms. The number of aromatic nitrogens is 4. The molecule has 108 valence electrons. The number of aromatic amines is 1. The number of hydrogen-bond donors (Lipinski definition) is 4.